The third kappa shape index (κ3) is 1.99. The lowest BCUT2D eigenvalue weighted by Gasteiger charge is -2.00. The van der Waals surface area contributed by atoms with Crippen molar-refractivity contribution in [2.24, 2.45) is 0 Å². The molecule has 2 aromatic heterocycles. The predicted octanol–water partition coefficient (Wildman–Crippen LogP) is 4.44. The van der Waals surface area contributed by atoms with Crippen molar-refractivity contribution in [1.82, 2.24) is 9.97 Å². The van der Waals surface area contributed by atoms with Crippen LogP contribution in [0.15, 0.2) is 29.1 Å². The summed E-state index contributed by atoms with van der Waals surface area (Å²) in [4.78, 5) is 7.74. The monoisotopic (exact) mass is 286 g/mol. The van der Waals surface area contributed by atoms with Gasteiger partial charge in [0, 0.05) is 10.9 Å². The van der Waals surface area contributed by atoms with Crippen LogP contribution in [-0.2, 0) is 6.18 Å². The number of hydrogen-bond donors (Lipinski definition) is 0. The molecule has 0 saturated carbocycles. The van der Waals surface area contributed by atoms with E-state index in [1.165, 1.54) is 11.3 Å². The average Bonchev–Trinajstić information content (AvgIpc) is 2.96. The summed E-state index contributed by atoms with van der Waals surface area (Å²) < 4.78 is 38.3. The molecule has 7 heteroatoms. The zero-order chi connectivity index (χ0) is 12.8. The van der Waals surface area contributed by atoms with Gasteiger partial charge in [0.25, 0.3) is 0 Å². The summed E-state index contributed by atoms with van der Waals surface area (Å²) in [5.74, 6) is 0. The van der Waals surface area contributed by atoms with Crippen LogP contribution in [0, 0.1) is 0 Å². The molecule has 0 saturated heterocycles. The summed E-state index contributed by atoms with van der Waals surface area (Å²) >= 11 is 2.45. The normalized spacial score (nSPS) is 12.2. The summed E-state index contributed by atoms with van der Waals surface area (Å²) in [5, 5.41) is 1.41. The Bertz CT molecular complexity index is 699. The Labute approximate surface area is 108 Å². The zero-order valence-electron chi connectivity index (χ0n) is 8.73. The number of benzene rings is 1. The molecule has 0 atom stereocenters. The molecule has 0 spiro atoms. The topological polar surface area (TPSA) is 25.8 Å². The fourth-order valence-corrected chi connectivity index (χ4v) is 3.06. The van der Waals surface area contributed by atoms with Crippen LogP contribution in [0.1, 0.15) is 5.69 Å². The van der Waals surface area contributed by atoms with Crippen molar-refractivity contribution in [3.63, 3.8) is 0 Å². The fourth-order valence-electron chi connectivity index (χ4n) is 1.52. The van der Waals surface area contributed by atoms with Gasteiger partial charge >= 0.3 is 6.18 Å². The number of nitrogens with zero attached hydrogens (tertiary/aromatic N) is 2. The van der Waals surface area contributed by atoms with Crippen LogP contribution in [0.4, 0.5) is 13.2 Å². The Balaban J connectivity index is 2.06. The predicted molar refractivity (Wildman–Crippen MR) is 65.7 cm³/mol. The van der Waals surface area contributed by atoms with Crippen molar-refractivity contribution in [2.45, 2.75) is 6.18 Å². The van der Waals surface area contributed by atoms with Crippen LogP contribution in [0.25, 0.3) is 20.8 Å². The van der Waals surface area contributed by atoms with Crippen molar-refractivity contribution >= 4 is 32.9 Å². The maximum atomic E-state index is 12.5. The minimum absolute atomic E-state index is 0.373. The Morgan fingerprint density at radius 3 is 2.67 bits per heavy atom. The van der Waals surface area contributed by atoms with Crippen molar-refractivity contribution < 1.29 is 13.2 Å². The summed E-state index contributed by atoms with van der Waals surface area (Å²) in [6.45, 7) is 0. The number of halogens is 3. The Morgan fingerprint density at radius 2 is 1.94 bits per heavy atom. The standard InChI is InChI=1S/C11H5F3N2S2/c12-11(13,14)9-4-17-10(16-9)6-1-2-7-8(3-6)18-5-15-7/h1-5H. The second-order valence-corrected chi connectivity index (χ2v) is 5.31. The van der Waals surface area contributed by atoms with E-state index in [1.807, 2.05) is 6.07 Å². The highest BCUT2D eigenvalue weighted by Crippen LogP contribution is 2.34. The molecule has 3 aromatic rings. The molecule has 3 rings (SSSR count). The fraction of sp³-hybridized carbons (Fsp3) is 0.0909. The molecular formula is C11H5F3N2S2. The lowest BCUT2D eigenvalue weighted by atomic mass is 10.2. The third-order valence-electron chi connectivity index (χ3n) is 2.37. The first-order valence-corrected chi connectivity index (χ1v) is 6.66. The number of alkyl halides is 3. The quantitative estimate of drug-likeness (QED) is 0.661. The third-order valence-corrected chi connectivity index (χ3v) is 4.06. The molecule has 92 valence electrons. The molecule has 0 amide bonds. The highest BCUT2D eigenvalue weighted by atomic mass is 32.1. The number of aromatic nitrogens is 2. The first kappa shape index (κ1) is 11.6. The maximum Gasteiger partial charge on any atom is 0.434 e. The highest BCUT2D eigenvalue weighted by Gasteiger charge is 2.33. The van der Waals surface area contributed by atoms with Gasteiger partial charge in [0.05, 0.1) is 15.7 Å². The van der Waals surface area contributed by atoms with Crippen molar-refractivity contribution in [1.29, 1.82) is 0 Å². The van der Waals surface area contributed by atoms with E-state index in [2.05, 4.69) is 9.97 Å². The zero-order valence-corrected chi connectivity index (χ0v) is 10.4. The summed E-state index contributed by atoms with van der Waals surface area (Å²) in [6, 6.07) is 5.34. The molecule has 0 bridgehead atoms. The molecular weight excluding hydrogens is 281 g/mol. The lowest BCUT2D eigenvalue weighted by Crippen LogP contribution is -2.04. The molecule has 0 fully saturated rings. The van der Waals surface area contributed by atoms with Crippen LogP contribution in [0.3, 0.4) is 0 Å². The Kier molecular flexibility index (Phi) is 2.60. The molecule has 0 aliphatic heterocycles. The molecule has 0 unspecified atom stereocenters. The van der Waals surface area contributed by atoms with Crippen molar-refractivity contribution in [3.8, 4) is 10.6 Å². The van der Waals surface area contributed by atoms with E-state index in [-0.39, 0.29) is 0 Å². The van der Waals surface area contributed by atoms with Crippen LogP contribution in [0.5, 0.6) is 0 Å². The molecule has 18 heavy (non-hydrogen) atoms. The Morgan fingerprint density at radius 1 is 1.11 bits per heavy atom. The molecule has 0 aliphatic carbocycles. The van der Waals surface area contributed by atoms with E-state index in [1.54, 1.807) is 17.6 Å². The van der Waals surface area contributed by atoms with E-state index in [0.717, 1.165) is 26.9 Å². The maximum absolute atomic E-state index is 12.5. The highest BCUT2D eigenvalue weighted by molar-refractivity contribution is 7.16. The van der Waals surface area contributed by atoms with E-state index in [9.17, 15) is 13.2 Å². The molecule has 0 radical (unpaired) electrons. The van der Waals surface area contributed by atoms with Crippen molar-refractivity contribution in [3.05, 3.63) is 34.8 Å². The van der Waals surface area contributed by atoms with Gasteiger partial charge < -0.3 is 0 Å². The van der Waals surface area contributed by atoms with Gasteiger partial charge in [0.15, 0.2) is 5.69 Å². The van der Waals surface area contributed by atoms with E-state index < -0.39 is 11.9 Å². The van der Waals surface area contributed by atoms with Gasteiger partial charge in [-0.3, -0.25) is 0 Å². The number of hydrogen-bond acceptors (Lipinski definition) is 4. The van der Waals surface area contributed by atoms with Crippen molar-refractivity contribution in [2.75, 3.05) is 0 Å². The summed E-state index contributed by atoms with van der Waals surface area (Å²) in [7, 11) is 0. The smallest absolute Gasteiger partial charge is 0.245 e. The number of fused-ring (bicyclic) bond motifs is 1. The SMILES string of the molecule is FC(F)(F)c1csc(-c2ccc3ncsc3c2)n1. The number of rotatable bonds is 1. The average molecular weight is 286 g/mol. The molecule has 2 nitrogen and oxygen atoms in total. The molecule has 0 aliphatic rings. The molecule has 1 aromatic carbocycles. The van der Waals surface area contributed by atoms with E-state index >= 15 is 0 Å². The first-order chi connectivity index (χ1) is 8.54. The van der Waals surface area contributed by atoms with Gasteiger partial charge in [0.2, 0.25) is 0 Å². The van der Waals surface area contributed by atoms with Gasteiger partial charge in [-0.1, -0.05) is 0 Å². The largest absolute Gasteiger partial charge is 0.434 e. The summed E-state index contributed by atoms with van der Waals surface area (Å²) in [6.07, 6.45) is -4.39. The first-order valence-electron chi connectivity index (χ1n) is 4.90. The lowest BCUT2D eigenvalue weighted by molar-refractivity contribution is -0.140. The Hall–Kier alpha value is -1.47. The van der Waals surface area contributed by atoms with Gasteiger partial charge in [-0.2, -0.15) is 13.2 Å². The van der Waals surface area contributed by atoms with E-state index in [0.29, 0.717) is 10.6 Å². The van der Waals surface area contributed by atoms with Gasteiger partial charge in [0.1, 0.15) is 5.01 Å². The second-order valence-electron chi connectivity index (χ2n) is 3.57. The van der Waals surface area contributed by atoms with Gasteiger partial charge in [-0.05, 0) is 18.2 Å². The number of thiazole rings is 2. The van der Waals surface area contributed by atoms with Gasteiger partial charge in [-0.15, -0.1) is 22.7 Å². The van der Waals surface area contributed by atoms with Crippen LogP contribution in [0.2, 0.25) is 0 Å². The van der Waals surface area contributed by atoms with Gasteiger partial charge in [-0.25, -0.2) is 9.97 Å². The van der Waals surface area contributed by atoms with Crippen LogP contribution in [-0.4, -0.2) is 9.97 Å². The summed E-state index contributed by atoms with van der Waals surface area (Å²) in [5.41, 5.74) is 2.40. The molecule has 0 N–H and O–H groups in total. The van der Waals surface area contributed by atoms with Crippen LogP contribution < -0.4 is 0 Å². The second kappa shape index (κ2) is 4.03. The van der Waals surface area contributed by atoms with E-state index in [4.69, 9.17) is 0 Å². The molecule has 2 heterocycles. The van der Waals surface area contributed by atoms with Crippen LogP contribution >= 0.6 is 22.7 Å². The minimum atomic E-state index is -4.39. The minimum Gasteiger partial charge on any atom is -0.245 e.